The number of likely N-dealkylation sites (tertiary alicyclic amines) is 1. The number of benzene rings is 1. The molecule has 4 rings (SSSR count). The number of hydrogen-bond donors (Lipinski definition) is 2. The fraction of sp³-hybridized carbons (Fsp3) is 0.263. The van der Waals surface area contributed by atoms with E-state index in [1.165, 1.54) is 0 Å². The molecular formula is C19H18N4O4. The molecule has 1 aliphatic rings. The minimum atomic E-state index is -0.736. The molecule has 0 aliphatic carbocycles. The summed E-state index contributed by atoms with van der Waals surface area (Å²) in [6.45, 7) is 1.17. The van der Waals surface area contributed by atoms with Crippen molar-refractivity contribution >= 4 is 16.9 Å². The van der Waals surface area contributed by atoms with Gasteiger partial charge in [0.2, 0.25) is 0 Å². The largest absolute Gasteiger partial charge is 0.489 e. The van der Waals surface area contributed by atoms with Gasteiger partial charge < -0.3 is 19.6 Å². The number of pyridine rings is 1. The van der Waals surface area contributed by atoms with Gasteiger partial charge in [-0.25, -0.2) is 0 Å². The smallest absolute Gasteiger partial charge is 0.314 e. The number of nitrogens with zero attached hydrogens (tertiary/aromatic N) is 2. The third kappa shape index (κ3) is 3.59. The predicted octanol–water partition coefficient (Wildman–Crippen LogP) is 1.29. The van der Waals surface area contributed by atoms with Gasteiger partial charge in [-0.3, -0.25) is 19.4 Å². The van der Waals surface area contributed by atoms with Crippen molar-refractivity contribution < 1.29 is 9.53 Å². The first-order chi connectivity index (χ1) is 13.1. The molecule has 1 saturated heterocycles. The maximum absolute atomic E-state index is 12.8. The molecule has 0 saturated carbocycles. The standard InChI is InChI=1S/C19H18N4O4/c24-17-18(25)22-16-10-12(3-4-15(16)21-17)19(26)23-8-5-13(6-9-23)27-14-2-1-7-20-11-14/h1-4,7,10-11,13H,5-6,8-9H2,(H,21,24)(H,22,25). The van der Waals surface area contributed by atoms with E-state index in [-0.39, 0.29) is 12.0 Å². The van der Waals surface area contributed by atoms with Crippen LogP contribution in [0.1, 0.15) is 23.2 Å². The van der Waals surface area contributed by atoms with Crippen LogP contribution in [0.4, 0.5) is 0 Å². The number of rotatable bonds is 3. The van der Waals surface area contributed by atoms with Gasteiger partial charge in [-0.05, 0) is 30.3 Å². The highest BCUT2D eigenvalue weighted by Gasteiger charge is 2.25. The number of piperidine rings is 1. The molecule has 138 valence electrons. The molecule has 3 heterocycles. The van der Waals surface area contributed by atoms with Crippen LogP contribution >= 0.6 is 0 Å². The van der Waals surface area contributed by atoms with E-state index in [0.29, 0.717) is 29.7 Å². The lowest BCUT2D eigenvalue weighted by atomic mass is 10.1. The summed E-state index contributed by atoms with van der Waals surface area (Å²) in [6.07, 6.45) is 4.89. The highest BCUT2D eigenvalue weighted by Crippen LogP contribution is 2.20. The monoisotopic (exact) mass is 366 g/mol. The first kappa shape index (κ1) is 17.0. The molecule has 1 fully saturated rings. The molecule has 0 atom stereocenters. The zero-order valence-corrected chi connectivity index (χ0v) is 14.5. The Morgan fingerprint density at radius 3 is 2.52 bits per heavy atom. The van der Waals surface area contributed by atoms with E-state index in [1.807, 2.05) is 12.1 Å². The van der Waals surface area contributed by atoms with Crippen LogP contribution in [-0.4, -0.2) is 45.0 Å². The normalized spacial score (nSPS) is 15.0. The molecule has 3 aromatic rings. The highest BCUT2D eigenvalue weighted by atomic mass is 16.5. The third-order valence-electron chi connectivity index (χ3n) is 4.64. The molecule has 0 spiro atoms. The second-order valence-corrected chi connectivity index (χ2v) is 6.47. The van der Waals surface area contributed by atoms with E-state index in [0.717, 1.165) is 18.6 Å². The van der Waals surface area contributed by atoms with Crippen molar-refractivity contribution in [1.29, 1.82) is 0 Å². The van der Waals surface area contributed by atoms with Crippen molar-refractivity contribution in [2.45, 2.75) is 18.9 Å². The molecule has 8 nitrogen and oxygen atoms in total. The number of fused-ring (bicyclic) bond motifs is 1. The summed E-state index contributed by atoms with van der Waals surface area (Å²) in [5.74, 6) is 0.624. The van der Waals surface area contributed by atoms with Gasteiger partial charge in [-0.15, -0.1) is 0 Å². The fourth-order valence-corrected chi connectivity index (χ4v) is 3.22. The fourth-order valence-electron chi connectivity index (χ4n) is 3.22. The molecular weight excluding hydrogens is 348 g/mol. The zero-order chi connectivity index (χ0) is 18.8. The van der Waals surface area contributed by atoms with Crippen LogP contribution in [0.2, 0.25) is 0 Å². The van der Waals surface area contributed by atoms with Gasteiger partial charge in [0.1, 0.15) is 11.9 Å². The van der Waals surface area contributed by atoms with Crippen molar-refractivity contribution in [3.05, 3.63) is 69.0 Å². The number of nitrogens with one attached hydrogen (secondary N) is 2. The highest BCUT2D eigenvalue weighted by molar-refractivity contribution is 5.97. The Bertz CT molecular complexity index is 1080. The molecule has 1 aromatic carbocycles. The number of aromatic nitrogens is 3. The third-order valence-corrected chi connectivity index (χ3v) is 4.64. The number of carbonyl (C=O) groups excluding carboxylic acids is 1. The Kier molecular flexibility index (Phi) is 4.45. The summed E-state index contributed by atoms with van der Waals surface area (Å²) in [5.41, 5.74) is -0.0606. The van der Waals surface area contributed by atoms with Crippen LogP contribution in [0.25, 0.3) is 11.0 Å². The van der Waals surface area contributed by atoms with Gasteiger partial charge >= 0.3 is 11.1 Å². The number of aromatic amines is 2. The molecule has 0 bridgehead atoms. The minimum absolute atomic E-state index is 0.0521. The van der Waals surface area contributed by atoms with Crippen molar-refractivity contribution in [3.8, 4) is 5.75 Å². The first-order valence-corrected chi connectivity index (χ1v) is 8.72. The summed E-state index contributed by atoms with van der Waals surface area (Å²) in [4.78, 5) is 46.4. The number of amides is 1. The van der Waals surface area contributed by atoms with Gasteiger partial charge in [0.15, 0.2) is 0 Å². The Hall–Kier alpha value is -3.42. The molecule has 27 heavy (non-hydrogen) atoms. The minimum Gasteiger partial charge on any atom is -0.489 e. The van der Waals surface area contributed by atoms with Crippen LogP contribution < -0.4 is 15.9 Å². The Labute approximate surface area is 153 Å². The van der Waals surface area contributed by atoms with Crippen LogP contribution in [0.15, 0.2) is 52.3 Å². The Morgan fingerprint density at radius 1 is 1.07 bits per heavy atom. The topological polar surface area (TPSA) is 108 Å². The van der Waals surface area contributed by atoms with Crippen molar-refractivity contribution in [2.75, 3.05) is 13.1 Å². The van der Waals surface area contributed by atoms with Crippen LogP contribution in [0, 0.1) is 0 Å². The summed E-state index contributed by atoms with van der Waals surface area (Å²) in [7, 11) is 0. The number of ether oxygens (including phenoxy) is 1. The quantitative estimate of drug-likeness (QED) is 0.679. The Morgan fingerprint density at radius 2 is 1.81 bits per heavy atom. The Balaban J connectivity index is 1.44. The van der Waals surface area contributed by atoms with E-state index in [9.17, 15) is 14.4 Å². The van der Waals surface area contributed by atoms with Crippen LogP contribution in [0.5, 0.6) is 5.75 Å². The molecule has 1 amide bonds. The summed E-state index contributed by atoms with van der Waals surface area (Å²) >= 11 is 0. The van der Waals surface area contributed by atoms with E-state index in [2.05, 4.69) is 15.0 Å². The van der Waals surface area contributed by atoms with E-state index in [1.54, 1.807) is 35.5 Å². The van der Waals surface area contributed by atoms with Crippen molar-refractivity contribution in [2.24, 2.45) is 0 Å². The van der Waals surface area contributed by atoms with Crippen molar-refractivity contribution in [1.82, 2.24) is 19.9 Å². The number of H-pyrrole nitrogens is 2. The summed E-state index contributed by atoms with van der Waals surface area (Å²) < 4.78 is 5.90. The van der Waals surface area contributed by atoms with E-state index >= 15 is 0 Å². The maximum atomic E-state index is 12.8. The van der Waals surface area contributed by atoms with Gasteiger partial charge in [0.25, 0.3) is 5.91 Å². The lowest BCUT2D eigenvalue weighted by Crippen LogP contribution is -2.41. The van der Waals surface area contributed by atoms with Gasteiger partial charge in [0.05, 0.1) is 17.2 Å². The van der Waals surface area contributed by atoms with Gasteiger partial charge in [-0.2, -0.15) is 0 Å². The number of carbonyl (C=O) groups is 1. The lowest BCUT2D eigenvalue weighted by Gasteiger charge is -2.32. The van der Waals surface area contributed by atoms with Crippen LogP contribution in [0.3, 0.4) is 0 Å². The lowest BCUT2D eigenvalue weighted by molar-refractivity contribution is 0.0595. The van der Waals surface area contributed by atoms with Gasteiger partial charge in [-0.1, -0.05) is 0 Å². The van der Waals surface area contributed by atoms with E-state index in [4.69, 9.17) is 4.74 Å². The second kappa shape index (κ2) is 7.06. The van der Waals surface area contributed by atoms with Crippen molar-refractivity contribution in [3.63, 3.8) is 0 Å². The summed E-state index contributed by atoms with van der Waals surface area (Å²) in [5, 5.41) is 0. The molecule has 2 N–H and O–H groups in total. The SMILES string of the molecule is O=C(c1ccc2[nH]c(=O)c(=O)[nH]c2c1)N1CCC(Oc2cccnc2)CC1. The molecule has 0 unspecified atom stereocenters. The molecule has 1 aliphatic heterocycles. The molecule has 0 radical (unpaired) electrons. The maximum Gasteiger partial charge on any atom is 0.314 e. The first-order valence-electron chi connectivity index (χ1n) is 8.72. The predicted molar refractivity (Wildman–Crippen MR) is 99.0 cm³/mol. The van der Waals surface area contributed by atoms with E-state index < -0.39 is 11.1 Å². The average Bonchev–Trinajstić information content (AvgIpc) is 2.69. The zero-order valence-electron chi connectivity index (χ0n) is 14.5. The molecule has 2 aromatic heterocycles. The molecule has 8 heteroatoms. The van der Waals surface area contributed by atoms with Crippen LogP contribution in [-0.2, 0) is 0 Å². The number of hydrogen-bond acceptors (Lipinski definition) is 5. The average molecular weight is 366 g/mol. The second-order valence-electron chi connectivity index (χ2n) is 6.47. The van der Waals surface area contributed by atoms with Gasteiger partial charge in [0, 0.05) is 37.7 Å². The summed E-state index contributed by atoms with van der Waals surface area (Å²) in [6, 6.07) is 8.55.